The highest BCUT2D eigenvalue weighted by molar-refractivity contribution is 9.10. The molecular formula is C24H30BrN3O3. The molecule has 7 heteroatoms. The van der Waals surface area contributed by atoms with E-state index in [-0.39, 0.29) is 17.4 Å². The largest absolute Gasteiger partial charge is 0.391 e. The van der Waals surface area contributed by atoms with Crippen molar-refractivity contribution in [2.24, 2.45) is 0 Å². The van der Waals surface area contributed by atoms with Crippen LogP contribution in [0.3, 0.4) is 0 Å². The molecule has 6 nitrogen and oxygen atoms in total. The zero-order valence-corrected chi connectivity index (χ0v) is 19.8. The van der Waals surface area contributed by atoms with Crippen LogP contribution in [0.4, 0.5) is 10.5 Å². The lowest BCUT2D eigenvalue weighted by atomic mass is 9.70. The smallest absolute Gasteiger partial charge is 0.319 e. The zero-order chi connectivity index (χ0) is 22.2. The average molecular weight is 488 g/mol. The van der Waals surface area contributed by atoms with Crippen molar-refractivity contribution in [3.8, 4) is 0 Å². The number of aromatic nitrogens is 1. The Morgan fingerprint density at radius 2 is 2.00 bits per heavy atom. The minimum Gasteiger partial charge on any atom is -0.391 e. The highest BCUT2D eigenvalue weighted by Crippen LogP contribution is 2.42. The number of anilines is 1. The molecule has 0 saturated carbocycles. The zero-order valence-electron chi connectivity index (χ0n) is 18.2. The van der Waals surface area contributed by atoms with E-state index < -0.39 is 12.1 Å². The van der Waals surface area contributed by atoms with Gasteiger partial charge < -0.3 is 20.5 Å². The van der Waals surface area contributed by atoms with Crippen molar-refractivity contribution in [1.82, 2.24) is 10.3 Å². The Morgan fingerprint density at radius 1 is 1.26 bits per heavy atom. The van der Waals surface area contributed by atoms with Gasteiger partial charge in [0.2, 0.25) is 0 Å². The minimum absolute atomic E-state index is 0.166. The Kier molecular flexibility index (Phi) is 6.37. The lowest BCUT2D eigenvalue weighted by molar-refractivity contribution is 0.0846. The van der Waals surface area contributed by atoms with Crippen LogP contribution < -0.4 is 10.6 Å². The van der Waals surface area contributed by atoms with Crippen LogP contribution in [-0.2, 0) is 10.2 Å². The fourth-order valence-corrected chi connectivity index (χ4v) is 5.19. The molecule has 4 rings (SSSR count). The molecule has 1 aromatic carbocycles. The molecule has 0 bridgehead atoms. The average Bonchev–Trinajstić information content (AvgIpc) is 2.71. The first-order valence-corrected chi connectivity index (χ1v) is 11.6. The summed E-state index contributed by atoms with van der Waals surface area (Å²) in [7, 11) is 0. The number of ether oxygens (including phenoxy) is 1. The van der Waals surface area contributed by atoms with E-state index in [2.05, 4.69) is 51.5 Å². The Balaban J connectivity index is 1.57. The number of hydrogen-bond acceptors (Lipinski definition) is 4. The summed E-state index contributed by atoms with van der Waals surface area (Å²) in [5.41, 5.74) is 4.54. The van der Waals surface area contributed by atoms with E-state index in [1.165, 1.54) is 0 Å². The molecule has 2 heterocycles. The number of benzene rings is 1. The predicted octanol–water partition coefficient (Wildman–Crippen LogP) is 4.95. The first-order valence-electron chi connectivity index (χ1n) is 10.8. The topological polar surface area (TPSA) is 83.5 Å². The maximum Gasteiger partial charge on any atom is 0.319 e. The van der Waals surface area contributed by atoms with Crippen LogP contribution in [0.1, 0.15) is 67.5 Å². The van der Waals surface area contributed by atoms with Crippen molar-refractivity contribution in [3.63, 3.8) is 0 Å². The first kappa shape index (κ1) is 22.2. The van der Waals surface area contributed by atoms with E-state index in [4.69, 9.17) is 4.74 Å². The molecule has 166 valence electrons. The number of aliphatic hydroxyl groups excluding tert-OH is 1. The third-order valence-corrected chi connectivity index (χ3v) is 6.87. The van der Waals surface area contributed by atoms with E-state index in [9.17, 15) is 9.90 Å². The molecule has 1 aliphatic heterocycles. The second kappa shape index (κ2) is 8.88. The van der Waals surface area contributed by atoms with Gasteiger partial charge in [0, 0.05) is 29.8 Å². The van der Waals surface area contributed by atoms with Gasteiger partial charge in [0.1, 0.15) is 0 Å². The van der Waals surface area contributed by atoms with Crippen molar-refractivity contribution < 1.29 is 14.6 Å². The number of nitrogens with zero attached hydrogens (tertiary/aromatic N) is 1. The van der Waals surface area contributed by atoms with Gasteiger partial charge in [0.15, 0.2) is 0 Å². The van der Waals surface area contributed by atoms with Crippen LogP contribution in [0.5, 0.6) is 0 Å². The quantitative estimate of drug-likeness (QED) is 0.571. The van der Waals surface area contributed by atoms with Gasteiger partial charge in [-0.2, -0.15) is 0 Å². The second-order valence-electron chi connectivity index (χ2n) is 9.30. The summed E-state index contributed by atoms with van der Waals surface area (Å²) in [6.07, 6.45) is 3.53. The number of aryl methyl sites for hydroxylation is 1. The van der Waals surface area contributed by atoms with Crippen molar-refractivity contribution in [2.75, 3.05) is 18.5 Å². The second-order valence-corrected chi connectivity index (χ2v) is 10.2. The van der Waals surface area contributed by atoms with E-state index in [0.29, 0.717) is 19.6 Å². The SMILES string of the molecule is Cc1cnc(C2CCOCC2)c(NC(=O)N[C@@H]2c3cc(Br)ccc3C(C)(C)C[C@H]2O)c1. The van der Waals surface area contributed by atoms with Gasteiger partial charge >= 0.3 is 6.03 Å². The van der Waals surface area contributed by atoms with Gasteiger partial charge in [-0.3, -0.25) is 4.98 Å². The van der Waals surface area contributed by atoms with E-state index >= 15 is 0 Å². The Labute approximate surface area is 191 Å². The van der Waals surface area contributed by atoms with E-state index in [0.717, 1.165) is 45.4 Å². The summed E-state index contributed by atoms with van der Waals surface area (Å²) < 4.78 is 6.40. The number of halogens is 1. The number of carbonyl (C=O) groups is 1. The molecule has 2 aliphatic rings. The Bertz CT molecular complexity index is 973. The number of carbonyl (C=O) groups excluding carboxylic acids is 1. The molecule has 0 unspecified atom stereocenters. The number of rotatable bonds is 3. The van der Waals surface area contributed by atoms with Crippen LogP contribution in [0, 0.1) is 6.92 Å². The molecule has 3 N–H and O–H groups in total. The molecule has 1 saturated heterocycles. The van der Waals surface area contributed by atoms with Crippen LogP contribution in [0.2, 0.25) is 0 Å². The minimum atomic E-state index is -0.673. The highest BCUT2D eigenvalue weighted by Gasteiger charge is 2.39. The number of aliphatic hydroxyl groups is 1. The molecule has 1 aliphatic carbocycles. The molecule has 2 amide bonds. The lowest BCUT2D eigenvalue weighted by Gasteiger charge is -2.40. The monoisotopic (exact) mass is 487 g/mol. The molecular weight excluding hydrogens is 458 g/mol. The lowest BCUT2D eigenvalue weighted by Crippen LogP contribution is -2.45. The molecule has 2 aromatic rings. The normalized spacial score (nSPS) is 23.1. The van der Waals surface area contributed by atoms with Crippen molar-refractivity contribution in [3.05, 3.63) is 57.3 Å². The van der Waals surface area contributed by atoms with Crippen molar-refractivity contribution >= 4 is 27.6 Å². The van der Waals surface area contributed by atoms with Gasteiger partial charge in [0.05, 0.1) is 23.5 Å². The van der Waals surface area contributed by atoms with Crippen LogP contribution in [-0.4, -0.2) is 35.4 Å². The number of nitrogens with one attached hydrogen (secondary N) is 2. The fraction of sp³-hybridized carbons (Fsp3) is 0.500. The van der Waals surface area contributed by atoms with Gasteiger partial charge in [-0.1, -0.05) is 35.8 Å². The van der Waals surface area contributed by atoms with E-state index in [1.54, 1.807) is 0 Å². The fourth-order valence-electron chi connectivity index (χ4n) is 4.81. The van der Waals surface area contributed by atoms with Crippen LogP contribution in [0.15, 0.2) is 34.9 Å². The molecule has 1 fully saturated rings. The summed E-state index contributed by atoms with van der Waals surface area (Å²) in [5.74, 6) is 0.266. The predicted molar refractivity (Wildman–Crippen MR) is 124 cm³/mol. The van der Waals surface area contributed by atoms with Crippen molar-refractivity contribution in [1.29, 1.82) is 0 Å². The van der Waals surface area contributed by atoms with Gasteiger partial charge in [-0.25, -0.2) is 4.79 Å². The third kappa shape index (κ3) is 4.78. The summed E-state index contributed by atoms with van der Waals surface area (Å²) in [6.45, 7) is 7.63. The number of amides is 2. The number of pyridine rings is 1. The molecule has 0 radical (unpaired) electrons. The van der Waals surface area contributed by atoms with Gasteiger partial charge in [0.25, 0.3) is 0 Å². The first-order chi connectivity index (χ1) is 14.7. The summed E-state index contributed by atoms with van der Waals surface area (Å²) in [4.78, 5) is 17.7. The maximum atomic E-state index is 13.0. The van der Waals surface area contributed by atoms with Crippen LogP contribution >= 0.6 is 15.9 Å². The summed E-state index contributed by atoms with van der Waals surface area (Å²) in [5, 5.41) is 16.9. The number of fused-ring (bicyclic) bond motifs is 1. The van der Waals surface area contributed by atoms with Gasteiger partial charge in [-0.15, -0.1) is 0 Å². The molecule has 2 atom stereocenters. The third-order valence-electron chi connectivity index (χ3n) is 6.38. The number of hydrogen-bond donors (Lipinski definition) is 3. The maximum absolute atomic E-state index is 13.0. The van der Waals surface area contributed by atoms with Crippen LogP contribution in [0.25, 0.3) is 0 Å². The highest BCUT2D eigenvalue weighted by atomic mass is 79.9. The van der Waals surface area contributed by atoms with Crippen molar-refractivity contribution in [2.45, 2.75) is 63.5 Å². The Hall–Kier alpha value is -1.96. The number of urea groups is 1. The Morgan fingerprint density at radius 3 is 2.74 bits per heavy atom. The standard InChI is InChI=1S/C24H30BrN3O3/c1-14-10-19(21(26-13-14)15-6-8-31-9-7-15)27-23(30)28-22-17-11-16(25)4-5-18(17)24(2,3)12-20(22)29/h4-5,10-11,13,15,20,22,29H,6-9,12H2,1-3H3,(H2,27,28,30)/t20-,22-/m1/s1. The van der Waals surface area contributed by atoms with Gasteiger partial charge in [-0.05, 0) is 66.5 Å². The molecule has 1 aromatic heterocycles. The molecule has 31 heavy (non-hydrogen) atoms. The molecule has 0 spiro atoms. The summed E-state index contributed by atoms with van der Waals surface area (Å²) in [6, 6.07) is 7.22. The summed E-state index contributed by atoms with van der Waals surface area (Å²) >= 11 is 3.53. The van der Waals surface area contributed by atoms with E-state index in [1.807, 2.05) is 31.3 Å².